The number of aromatic hydroxyl groups is 1. The molecule has 1 aliphatic heterocycles. The summed E-state index contributed by atoms with van der Waals surface area (Å²) in [4.78, 5) is 17.1. The Morgan fingerprint density at radius 2 is 1.87 bits per heavy atom. The van der Waals surface area contributed by atoms with Gasteiger partial charge in [-0.25, -0.2) is 0 Å². The van der Waals surface area contributed by atoms with Crippen LogP contribution in [0.25, 0.3) is 0 Å². The van der Waals surface area contributed by atoms with Gasteiger partial charge in [0.15, 0.2) is 0 Å². The third-order valence-electron chi connectivity index (χ3n) is 4.56. The van der Waals surface area contributed by atoms with Gasteiger partial charge < -0.3 is 20.2 Å². The van der Waals surface area contributed by atoms with Crippen molar-refractivity contribution in [2.75, 3.05) is 45.8 Å². The first kappa shape index (κ1) is 17.8. The molecule has 1 aromatic rings. The molecule has 0 bridgehead atoms. The van der Waals surface area contributed by atoms with Gasteiger partial charge in [-0.3, -0.25) is 4.79 Å². The van der Waals surface area contributed by atoms with Gasteiger partial charge in [0.1, 0.15) is 5.75 Å². The molecule has 0 atom stereocenters. The first-order valence-corrected chi connectivity index (χ1v) is 8.68. The summed E-state index contributed by atoms with van der Waals surface area (Å²) in [6.07, 6.45) is 1.79. The molecule has 128 valence electrons. The normalized spacial score (nSPS) is 16.4. The Morgan fingerprint density at radius 1 is 1.17 bits per heavy atom. The predicted octanol–water partition coefficient (Wildman–Crippen LogP) is 1.71. The fourth-order valence-corrected chi connectivity index (χ4v) is 2.91. The molecule has 2 N–H and O–H groups in total. The monoisotopic (exact) mass is 319 g/mol. The number of aryl methyl sites for hydroxylation is 1. The topological polar surface area (TPSA) is 55.8 Å². The number of amides is 1. The highest BCUT2D eigenvalue weighted by atomic mass is 16.3. The van der Waals surface area contributed by atoms with E-state index >= 15 is 0 Å². The molecular formula is C18H29N3O2. The van der Waals surface area contributed by atoms with Crippen LogP contribution >= 0.6 is 0 Å². The molecule has 1 aromatic carbocycles. The summed E-state index contributed by atoms with van der Waals surface area (Å²) < 4.78 is 0. The van der Waals surface area contributed by atoms with Gasteiger partial charge in [0, 0.05) is 32.7 Å². The third kappa shape index (κ3) is 5.22. The molecule has 2 rings (SSSR count). The molecule has 1 heterocycles. The molecule has 0 radical (unpaired) electrons. The van der Waals surface area contributed by atoms with E-state index < -0.39 is 0 Å². The second kappa shape index (κ2) is 8.89. The fourth-order valence-electron chi connectivity index (χ4n) is 2.91. The van der Waals surface area contributed by atoms with Crippen LogP contribution in [0.15, 0.2) is 18.2 Å². The fraction of sp³-hybridized carbons (Fsp3) is 0.611. The number of hydrogen-bond donors (Lipinski definition) is 2. The summed E-state index contributed by atoms with van der Waals surface area (Å²) >= 11 is 0. The zero-order valence-corrected chi connectivity index (χ0v) is 14.3. The van der Waals surface area contributed by atoms with Crippen LogP contribution in [-0.4, -0.2) is 66.6 Å². The van der Waals surface area contributed by atoms with Crippen molar-refractivity contribution < 1.29 is 9.90 Å². The summed E-state index contributed by atoms with van der Waals surface area (Å²) in [5.41, 5.74) is 1.43. The van der Waals surface area contributed by atoms with Gasteiger partial charge in [-0.05, 0) is 43.6 Å². The van der Waals surface area contributed by atoms with Crippen molar-refractivity contribution in [3.8, 4) is 5.75 Å². The molecule has 1 amide bonds. The van der Waals surface area contributed by atoms with Crippen LogP contribution in [0.5, 0.6) is 5.75 Å². The molecular weight excluding hydrogens is 290 g/mol. The Kier molecular flexibility index (Phi) is 6.86. The summed E-state index contributed by atoms with van der Waals surface area (Å²) in [5, 5.41) is 12.8. The predicted molar refractivity (Wildman–Crippen MR) is 93.0 cm³/mol. The second-order valence-electron chi connectivity index (χ2n) is 6.09. The average Bonchev–Trinajstić information content (AvgIpc) is 2.59. The molecule has 0 saturated carbocycles. The molecule has 5 nitrogen and oxygen atoms in total. The van der Waals surface area contributed by atoms with Crippen molar-refractivity contribution in [1.82, 2.24) is 15.1 Å². The minimum Gasteiger partial charge on any atom is -0.507 e. The number of hydrogen-bond acceptors (Lipinski definition) is 4. The standard InChI is InChI=1S/C18H29N3O2/c1-3-15-6-7-17(22)16(14-15)18(23)19-8-5-9-21-12-10-20(4-2)11-13-21/h6-7,14,22H,3-5,8-13H2,1-2H3,(H,19,23). The molecule has 1 aliphatic rings. The Balaban J connectivity index is 1.71. The maximum Gasteiger partial charge on any atom is 0.255 e. The average molecular weight is 319 g/mol. The number of nitrogens with zero attached hydrogens (tertiary/aromatic N) is 2. The highest BCUT2D eigenvalue weighted by molar-refractivity contribution is 5.96. The number of carbonyl (C=O) groups is 1. The molecule has 23 heavy (non-hydrogen) atoms. The van der Waals surface area contributed by atoms with E-state index in [2.05, 4.69) is 22.0 Å². The number of carbonyl (C=O) groups excluding carboxylic acids is 1. The van der Waals surface area contributed by atoms with Crippen molar-refractivity contribution in [3.63, 3.8) is 0 Å². The summed E-state index contributed by atoms with van der Waals surface area (Å²) in [5.74, 6) is -0.135. The van der Waals surface area contributed by atoms with Gasteiger partial charge in [-0.15, -0.1) is 0 Å². The molecule has 0 unspecified atom stereocenters. The lowest BCUT2D eigenvalue weighted by Crippen LogP contribution is -2.46. The SMILES string of the molecule is CCc1ccc(O)c(C(=O)NCCCN2CCN(CC)CC2)c1. The zero-order chi connectivity index (χ0) is 16.7. The lowest BCUT2D eigenvalue weighted by atomic mass is 10.1. The van der Waals surface area contributed by atoms with Gasteiger partial charge in [0.2, 0.25) is 0 Å². The van der Waals surface area contributed by atoms with E-state index in [9.17, 15) is 9.90 Å². The van der Waals surface area contributed by atoms with Crippen LogP contribution in [0.3, 0.4) is 0 Å². The van der Waals surface area contributed by atoms with Gasteiger partial charge in [-0.1, -0.05) is 19.9 Å². The van der Waals surface area contributed by atoms with Crippen LogP contribution in [-0.2, 0) is 6.42 Å². The van der Waals surface area contributed by atoms with E-state index in [-0.39, 0.29) is 11.7 Å². The number of likely N-dealkylation sites (N-methyl/N-ethyl adjacent to an activating group) is 1. The lowest BCUT2D eigenvalue weighted by molar-refractivity contribution is 0.0945. The molecule has 0 aromatic heterocycles. The smallest absolute Gasteiger partial charge is 0.255 e. The Labute approximate surface area is 139 Å². The van der Waals surface area contributed by atoms with Crippen molar-refractivity contribution in [2.45, 2.75) is 26.7 Å². The van der Waals surface area contributed by atoms with Crippen LogP contribution in [0, 0.1) is 0 Å². The number of benzene rings is 1. The Bertz CT molecular complexity index is 511. The highest BCUT2D eigenvalue weighted by Gasteiger charge is 2.15. The van der Waals surface area contributed by atoms with E-state index in [4.69, 9.17) is 0 Å². The van der Waals surface area contributed by atoms with Gasteiger partial charge >= 0.3 is 0 Å². The summed E-state index contributed by atoms with van der Waals surface area (Å²) in [7, 11) is 0. The van der Waals surface area contributed by atoms with Gasteiger partial charge in [0.25, 0.3) is 5.91 Å². The molecule has 1 fully saturated rings. The van der Waals surface area contributed by atoms with Crippen LogP contribution in [0.4, 0.5) is 0 Å². The minimum atomic E-state index is -0.186. The second-order valence-corrected chi connectivity index (χ2v) is 6.09. The van der Waals surface area contributed by atoms with Gasteiger partial charge in [0.05, 0.1) is 5.56 Å². The first-order chi connectivity index (χ1) is 11.1. The van der Waals surface area contributed by atoms with Crippen LogP contribution in [0.2, 0.25) is 0 Å². The largest absolute Gasteiger partial charge is 0.507 e. The van der Waals surface area contributed by atoms with Gasteiger partial charge in [-0.2, -0.15) is 0 Å². The number of rotatable bonds is 7. The first-order valence-electron chi connectivity index (χ1n) is 8.68. The van der Waals surface area contributed by atoms with Crippen molar-refractivity contribution >= 4 is 5.91 Å². The van der Waals surface area contributed by atoms with E-state index in [1.54, 1.807) is 12.1 Å². The molecule has 1 saturated heterocycles. The third-order valence-corrected chi connectivity index (χ3v) is 4.56. The van der Waals surface area contributed by atoms with Crippen LogP contribution < -0.4 is 5.32 Å². The Morgan fingerprint density at radius 3 is 2.52 bits per heavy atom. The van der Waals surface area contributed by atoms with E-state index in [1.807, 2.05) is 13.0 Å². The zero-order valence-electron chi connectivity index (χ0n) is 14.3. The van der Waals surface area contributed by atoms with E-state index in [1.165, 1.54) is 0 Å². The summed E-state index contributed by atoms with van der Waals surface area (Å²) in [6.45, 7) is 11.5. The number of nitrogens with one attached hydrogen (secondary N) is 1. The molecule has 5 heteroatoms. The molecule has 0 aliphatic carbocycles. The van der Waals surface area contributed by atoms with E-state index in [0.717, 1.165) is 57.7 Å². The van der Waals surface area contributed by atoms with Crippen molar-refractivity contribution in [1.29, 1.82) is 0 Å². The summed E-state index contributed by atoms with van der Waals surface area (Å²) in [6, 6.07) is 5.22. The lowest BCUT2D eigenvalue weighted by Gasteiger charge is -2.33. The van der Waals surface area contributed by atoms with Crippen molar-refractivity contribution in [2.24, 2.45) is 0 Å². The Hall–Kier alpha value is -1.59. The number of phenolic OH excluding ortho intramolecular Hbond substituents is 1. The van der Waals surface area contributed by atoms with Crippen LogP contribution in [0.1, 0.15) is 36.2 Å². The quantitative estimate of drug-likeness (QED) is 0.751. The number of piperazine rings is 1. The highest BCUT2D eigenvalue weighted by Crippen LogP contribution is 2.18. The van der Waals surface area contributed by atoms with Crippen molar-refractivity contribution in [3.05, 3.63) is 29.3 Å². The number of phenols is 1. The van der Waals surface area contributed by atoms with E-state index in [0.29, 0.717) is 12.1 Å². The maximum absolute atomic E-state index is 12.2. The molecule has 0 spiro atoms. The minimum absolute atomic E-state index is 0.0513. The maximum atomic E-state index is 12.2.